The van der Waals surface area contributed by atoms with E-state index in [0.717, 1.165) is 24.9 Å². The number of rotatable bonds is 4. The normalized spacial score (nSPS) is 23.4. The highest BCUT2D eigenvalue weighted by Crippen LogP contribution is 2.29. The second-order valence-corrected chi connectivity index (χ2v) is 5.52. The summed E-state index contributed by atoms with van der Waals surface area (Å²) in [4.78, 5) is 2.49. The molecule has 0 amide bonds. The minimum Gasteiger partial charge on any atom is -0.497 e. The van der Waals surface area contributed by atoms with Crippen molar-refractivity contribution in [3.63, 3.8) is 0 Å². The average molecular weight is 246 g/mol. The lowest BCUT2D eigenvalue weighted by atomic mass is 10.1. The number of anilines is 1. The first kappa shape index (κ1) is 11.8. The van der Waals surface area contributed by atoms with Gasteiger partial charge in [-0.1, -0.05) is 0 Å². The van der Waals surface area contributed by atoms with Crippen LogP contribution in [0.3, 0.4) is 0 Å². The third kappa shape index (κ3) is 2.46. The van der Waals surface area contributed by atoms with Crippen LogP contribution in [0.4, 0.5) is 5.69 Å². The van der Waals surface area contributed by atoms with Crippen molar-refractivity contribution in [2.24, 2.45) is 0 Å². The van der Waals surface area contributed by atoms with Crippen LogP contribution in [0.25, 0.3) is 0 Å². The van der Waals surface area contributed by atoms with Crippen LogP contribution in [-0.2, 0) is 0 Å². The van der Waals surface area contributed by atoms with Crippen molar-refractivity contribution in [1.29, 1.82) is 0 Å². The molecule has 1 aromatic carbocycles. The Bertz CT molecular complexity index is 429. The monoisotopic (exact) mass is 246 g/mol. The zero-order valence-corrected chi connectivity index (χ0v) is 11.3. The quantitative estimate of drug-likeness (QED) is 0.882. The SMILES string of the molecule is COc1ccc(N2CCC(NC3CC3)C2)c(C)c1. The number of methoxy groups -OCH3 is 1. The van der Waals surface area contributed by atoms with Crippen LogP contribution in [-0.4, -0.2) is 32.3 Å². The molecule has 1 aliphatic heterocycles. The van der Waals surface area contributed by atoms with Crippen LogP contribution in [0.5, 0.6) is 5.75 Å². The van der Waals surface area contributed by atoms with Gasteiger partial charge in [-0.05, 0) is 49.9 Å². The van der Waals surface area contributed by atoms with Crippen LogP contribution in [0, 0.1) is 6.92 Å². The Morgan fingerprint density at radius 1 is 1.22 bits per heavy atom. The van der Waals surface area contributed by atoms with Crippen LogP contribution in [0.15, 0.2) is 18.2 Å². The fraction of sp³-hybridized carbons (Fsp3) is 0.600. The van der Waals surface area contributed by atoms with E-state index in [1.165, 1.54) is 30.5 Å². The second-order valence-electron chi connectivity index (χ2n) is 5.52. The van der Waals surface area contributed by atoms with Crippen LogP contribution >= 0.6 is 0 Å². The van der Waals surface area contributed by atoms with Gasteiger partial charge in [0.1, 0.15) is 5.75 Å². The molecule has 0 spiro atoms. The Morgan fingerprint density at radius 2 is 2.06 bits per heavy atom. The van der Waals surface area contributed by atoms with Crippen molar-refractivity contribution in [3.05, 3.63) is 23.8 Å². The summed E-state index contributed by atoms with van der Waals surface area (Å²) >= 11 is 0. The first-order chi connectivity index (χ1) is 8.76. The van der Waals surface area contributed by atoms with Gasteiger partial charge in [0.15, 0.2) is 0 Å². The zero-order valence-electron chi connectivity index (χ0n) is 11.3. The maximum absolute atomic E-state index is 5.26. The van der Waals surface area contributed by atoms with Crippen molar-refractivity contribution in [1.82, 2.24) is 5.32 Å². The Morgan fingerprint density at radius 3 is 2.72 bits per heavy atom. The molecule has 2 fully saturated rings. The lowest BCUT2D eigenvalue weighted by Gasteiger charge is -2.21. The Hall–Kier alpha value is -1.22. The average Bonchev–Trinajstić information content (AvgIpc) is 3.06. The zero-order chi connectivity index (χ0) is 12.5. The number of ether oxygens (including phenoxy) is 1. The van der Waals surface area contributed by atoms with Gasteiger partial charge in [-0.15, -0.1) is 0 Å². The summed E-state index contributed by atoms with van der Waals surface area (Å²) in [5, 5.41) is 3.73. The molecule has 0 bridgehead atoms. The van der Waals surface area contributed by atoms with E-state index in [1.807, 2.05) is 0 Å². The molecule has 3 heteroatoms. The Kier molecular flexibility index (Phi) is 3.16. The van der Waals surface area contributed by atoms with E-state index in [-0.39, 0.29) is 0 Å². The highest BCUT2D eigenvalue weighted by molar-refractivity contribution is 5.56. The largest absolute Gasteiger partial charge is 0.497 e. The number of benzene rings is 1. The number of nitrogens with zero attached hydrogens (tertiary/aromatic N) is 1. The molecule has 98 valence electrons. The summed E-state index contributed by atoms with van der Waals surface area (Å²) in [6.45, 7) is 4.47. The van der Waals surface area contributed by atoms with Crippen molar-refractivity contribution in [2.75, 3.05) is 25.1 Å². The molecule has 1 saturated heterocycles. The van der Waals surface area contributed by atoms with Gasteiger partial charge in [-0.25, -0.2) is 0 Å². The minimum atomic E-state index is 0.680. The molecule has 1 heterocycles. The molecule has 0 radical (unpaired) electrons. The van der Waals surface area contributed by atoms with Crippen molar-refractivity contribution < 1.29 is 4.74 Å². The maximum atomic E-state index is 5.26. The Labute approximate surface area is 109 Å². The maximum Gasteiger partial charge on any atom is 0.119 e. The standard InChI is InChI=1S/C15H22N2O/c1-11-9-14(18-2)5-6-15(11)17-8-7-13(10-17)16-12-3-4-12/h5-6,9,12-13,16H,3-4,7-8,10H2,1-2H3. The van der Waals surface area contributed by atoms with Gasteiger partial charge in [0.05, 0.1) is 7.11 Å². The first-order valence-electron chi connectivity index (χ1n) is 6.92. The van der Waals surface area contributed by atoms with E-state index in [9.17, 15) is 0 Å². The smallest absolute Gasteiger partial charge is 0.119 e. The lowest BCUT2D eigenvalue weighted by Crippen LogP contribution is -2.34. The molecule has 1 saturated carbocycles. The molecule has 2 aliphatic rings. The highest BCUT2D eigenvalue weighted by atomic mass is 16.5. The van der Waals surface area contributed by atoms with E-state index in [4.69, 9.17) is 4.74 Å². The lowest BCUT2D eigenvalue weighted by molar-refractivity contribution is 0.414. The van der Waals surface area contributed by atoms with Gasteiger partial charge < -0.3 is 15.0 Å². The van der Waals surface area contributed by atoms with E-state index in [0.29, 0.717) is 6.04 Å². The Balaban J connectivity index is 1.67. The highest BCUT2D eigenvalue weighted by Gasteiger charge is 2.29. The summed E-state index contributed by atoms with van der Waals surface area (Å²) in [6, 6.07) is 7.86. The molecule has 0 aromatic heterocycles. The summed E-state index contributed by atoms with van der Waals surface area (Å²) in [5.74, 6) is 0.947. The topological polar surface area (TPSA) is 24.5 Å². The molecule has 18 heavy (non-hydrogen) atoms. The van der Waals surface area contributed by atoms with E-state index in [1.54, 1.807) is 7.11 Å². The van der Waals surface area contributed by atoms with E-state index >= 15 is 0 Å². The third-order valence-corrected chi connectivity index (χ3v) is 3.98. The van der Waals surface area contributed by atoms with Gasteiger partial charge in [-0.2, -0.15) is 0 Å². The molecule has 1 unspecified atom stereocenters. The van der Waals surface area contributed by atoms with Crippen LogP contribution in [0.1, 0.15) is 24.8 Å². The van der Waals surface area contributed by atoms with Gasteiger partial charge in [0.25, 0.3) is 0 Å². The fourth-order valence-electron chi connectivity index (χ4n) is 2.81. The summed E-state index contributed by atoms with van der Waals surface area (Å²) in [6.07, 6.45) is 4.01. The van der Waals surface area contributed by atoms with Crippen molar-refractivity contribution in [2.45, 2.75) is 38.3 Å². The number of hydrogen-bond donors (Lipinski definition) is 1. The summed E-state index contributed by atoms with van der Waals surface area (Å²) in [5.41, 5.74) is 2.66. The van der Waals surface area contributed by atoms with Crippen molar-refractivity contribution in [3.8, 4) is 5.75 Å². The number of nitrogens with one attached hydrogen (secondary N) is 1. The number of aryl methyl sites for hydroxylation is 1. The van der Waals surface area contributed by atoms with Crippen molar-refractivity contribution >= 4 is 5.69 Å². The molecule has 1 aromatic rings. The second kappa shape index (κ2) is 4.81. The molecule has 3 nitrogen and oxygen atoms in total. The summed E-state index contributed by atoms with van der Waals surface area (Å²) < 4.78 is 5.26. The predicted octanol–water partition coefficient (Wildman–Crippen LogP) is 2.33. The summed E-state index contributed by atoms with van der Waals surface area (Å²) in [7, 11) is 1.72. The molecule has 3 rings (SSSR count). The van der Waals surface area contributed by atoms with Gasteiger partial charge >= 0.3 is 0 Å². The van der Waals surface area contributed by atoms with Gasteiger partial charge in [0, 0.05) is 30.9 Å². The van der Waals surface area contributed by atoms with Crippen LogP contribution < -0.4 is 15.0 Å². The fourth-order valence-corrected chi connectivity index (χ4v) is 2.81. The third-order valence-electron chi connectivity index (χ3n) is 3.98. The molecular formula is C15H22N2O. The van der Waals surface area contributed by atoms with Gasteiger partial charge in [0.2, 0.25) is 0 Å². The molecule has 1 aliphatic carbocycles. The van der Waals surface area contributed by atoms with E-state index in [2.05, 4.69) is 35.3 Å². The molecule has 1 atom stereocenters. The van der Waals surface area contributed by atoms with Crippen LogP contribution in [0.2, 0.25) is 0 Å². The molecular weight excluding hydrogens is 224 g/mol. The van der Waals surface area contributed by atoms with Gasteiger partial charge in [-0.3, -0.25) is 0 Å². The predicted molar refractivity (Wildman–Crippen MR) is 74.5 cm³/mol. The first-order valence-corrected chi connectivity index (χ1v) is 6.92. The number of hydrogen-bond acceptors (Lipinski definition) is 3. The molecule has 1 N–H and O–H groups in total. The van der Waals surface area contributed by atoms with E-state index < -0.39 is 0 Å². The minimum absolute atomic E-state index is 0.680.